The lowest BCUT2D eigenvalue weighted by molar-refractivity contribution is -0.200. The van der Waals surface area contributed by atoms with Crippen LogP contribution in [0.3, 0.4) is 0 Å². The molecule has 0 saturated heterocycles. The van der Waals surface area contributed by atoms with Gasteiger partial charge in [0.15, 0.2) is 0 Å². The molecule has 0 fully saturated rings. The molecule has 0 aliphatic rings. The van der Waals surface area contributed by atoms with Crippen LogP contribution in [0.2, 0.25) is 0 Å². The molecule has 0 spiro atoms. The van der Waals surface area contributed by atoms with Gasteiger partial charge in [-0.3, -0.25) is 0 Å². The van der Waals surface area contributed by atoms with Gasteiger partial charge in [0.05, 0.1) is 0 Å². The number of hydrogen-bond donors (Lipinski definition) is 3. The number of thiol groups is 2. The summed E-state index contributed by atoms with van der Waals surface area (Å²) in [6.07, 6.45) is 0. The first kappa shape index (κ1) is 4.80. The van der Waals surface area contributed by atoms with Gasteiger partial charge in [-0.15, -0.1) is 0 Å². The van der Waals surface area contributed by atoms with E-state index in [1.165, 1.54) is 0 Å². The normalized spacial score (nSPS) is 9.50. The molecule has 0 unspecified atom stereocenters. The summed E-state index contributed by atoms with van der Waals surface area (Å²) in [5, 5.41) is 0. The molecule has 0 saturated carbocycles. The zero-order valence-electron chi connectivity index (χ0n) is 1.84. The third kappa shape index (κ3) is 2.80. The molecule has 0 aliphatic heterocycles. The minimum atomic E-state index is 0.807. The molecule has 4 heteroatoms. The molecule has 0 aliphatic carbocycles. The topological polar surface area (TPSA) is 14.0 Å². The molecule has 0 heterocycles. The average molecular weight is 112 g/mol. The van der Waals surface area contributed by atoms with Gasteiger partial charge in [0.1, 0.15) is 12.8 Å². The quantitative estimate of drug-likeness (QED) is 0.286. The summed E-state index contributed by atoms with van der Waals surface area (Å²) < 4.78 is 2.46. The van der Waals surface area contributed by atoms with E-state index >= 15 is 0 Å². The van der Waals surface area contributed by atoms with E-state index < -0.39 is 0 Å². The highest BCUT2D eigenvalue weighted by Gasteiger charge is 1.49. The molecule has 1 nitrogen and oxygen atoms in total. The Kier molecular flexibility index (Phi) is 4.56. The van der Waals surface area contributed by atoms with E-state index in [1.807, 2.05) is 0 Å². The second-order valence-electron chi connectivity index (χ2n) is 0.200. The van der Waals surface area contributed by atoms with Gasteiger partial charge in [0.2, 0.25) is 0 Å². The van der Waals surface area contributed by atoms with E-state index in [2.05, 4.69) is 29.2 Å². The monoisotopic (exact) mass is 112 g/mol. The number of hydrogen-bond acceptors (Lipinski definition) is 0. The summed E-state index contributed by atoms with van der Waals surface area (Å²) in [5.74, 6) is 0. The Bertz CT molecular complexity index is 21.2. The molecule has 0 bridgehead atoms. The first-order valence-corrected chi connectivity index (χ1v) is 3.14. The molecule has 0 amide bonds. The molecule has 0 radical (unpaired) electrons. The van der Waals surface area contributed by atoms with Gasteiger partial charge in [-0.25, -0.2) is 0 Å². The zero-order valence-corrected chi connectivity index (χ0v) is 4.52. The minimum Gasteiger partial charge on any atom is -0.157 e. The summed E-state index contributed by atoms with van der Waals surface area (Å²) in [4.78, 5) is 0. The fourth-order valence-electron chi connectivity index (χ4n) is 0. The Balaban J connectivity index is 2.55. The molecule has 0 aromatic rings. The van der Waals surface area contributed by atoms with Crippen molar-refractivity contribution in [1.29, 1.82) is 0 Å². The Morgan fingerprint density at radius 3 is 2.00 bits per heavy atom. The lowest BCUT2D eigenvalue weighted by Crippen LogP contribution is -2.44. The van der Waals surface area contributed by atoms with Crippen molar-refractivity contribution in [3.63, 3.8) is 0 Å². The molecule has 0 atom stereocenters. The van der Waals surface area contributed by atoms with E-state index in [-0.39, 0.29) is 0 Å². The summed E-state index contributed by atoms with van der Waals surface area (Å²) in [6.45, 7) is 0. The highest BCUT2D eigenvalue weighted by molar-refractivity contribution is 8.34. The maximum atomic E-state index is 3.71. The fraction of sp³-hybridized carbons (Fsp3) is 0. The van der Waals surface area contributed by atoms with Gasteiger partial charge in [0.25, 0.3) is 7.57 Å². The molecule has 1 N–H and O–H groups in total. The number of nitrogens with one attached hydrogen (secondary N) is 1. The van der Waals surface area contributed by atoms with E-state index in [4.69, 9.17) is 0 Å². The van der Waals surface area contributed by atoms with Crippen LogP contribution in [-0.2, 0) is 0 Å². The molecule has 0 rings (SSSR count). The van der Waals surface area contributed by atoms with Gasteiger partial charge in [0, 0.05) is 0 Å². The maximum Gasteiger partial charge on any atom is 0.291 e. The van der Waals surface area contributed by atoms with Crippen molar-refractivity contribution in [2.75, 3.05) is 0 Å². The maximum absolute atomic E-state index is 3.71. The van der Waals surface area contributed by atoms with Crippen LogP contribution in [0.5, 0.6) is 0 Å². The van der Waals surface area contributed by atoms with Crippen LogP contribution in [0.25, 0.3) is 0 Å². The van der Waals surface area contributed by atoms with Crippen molar-refractivity contribution in [3.05, 3.63) is 0 Å². The highest BCUT2D eigenvalue weighted by atomic mass is 32.7. The Morgan fingerprint density at radius 2 is 2.00 bits per heavy atom. The first-order valence-electron chi connectivity index (χ1n) is 0.647. The smallest absolute Gasteiger partial charge is 0.157 e. The van der Waals surface area contributed by atoms with E-state index in [0.717, 1.165) is 7.57 Å². The number of rotatable bonds is 0. The summed E-state index contributed by atoms with van der Waals surface area (Å²) in [6, 6.07) is 0. The standard InChI is InChI=1S/H2NPS2/c3-1-2-4/h3H,(H,1,4)/p+1. The summed E-state index contributed by atoms with van der Waals surface area (Å²) in [7, 11) is 0.807. The van der Waals surface area contributed by atoms with Crippen molar-refractivity contribution in [3.8, 4) is 0 Å². The van der Waals surface area contributed by atoms with Gasteiger partial charge in [-0.2, -0.15) is 4.15 Å². The molecule has 0 aromatic heterocycles. The molecule has 4 heavy (non-hydrogen) atoms. The van der Waals surface area contributed by atoms with E-state index in [9.17, 15) is 0 Å². The Hall–Kier alpha value is 0.800. The lowest BCUT2D eigenvalue weighted by Gasteiger charge is -1.37. The van der Waals surface area contributed by atoms with Crippen molar-refractivity contribution in [1.82, 2.24) is 0 Å². The lowest BCUT2D eigenvalue weighted by atomic mass is 13.9. The van der Waals surface area contributed by atoms with Crippen LogP contribution >= 0.6 is 32.6 Å². The van der Waals surface area contributed by atoms with E-state index in [0.29, 0.717) is 0 Å². The summed E-state index contributed by atoms with van der Waals surface area (Å²) in [5.41, 5.74) is 0. The predicted octanol–water partition coefficient (Wildman–Crippen LogP) is -0.114. The fourth-order valence-corrected chi connectivity index (χ4v) is 0. The largest absolute Gasteiger partial charge is 0.291 e. The van der Waals surface area contributed by atoms with Crippen molar-refractivity contribution in [2.24, 2.45) is 0 Å². The third-order valence-electron chi connectivity index (χ3n) is 0.0447. The molecule has 0 aromatic carbocycles. The van der Waals surface area contributed by atoms with Crippen LogP contribution < -0.4 is 4.15 Å². The van der Waals surface area contributed by atoms with Crippen molar-refractivity contribution < 1.29 is 4.15 Å². The molecular weight excluding hydrogens is 109 g/mol. The van der Waals surface area contributed by atoms with Crippen LogP contribution in [-0.4, -0.2) is 0 Å². The predicted molar refractivity (Wildman–Crippen MR) is 25.9 cm³/mol. The van der Waals surface area contributed by atoms with E-state index in [1.54, 1.807) is 0 Å². The van der Waals surface area contributed by atoms with Crippen LogP contribution in [0.15, 0.2) is 0 Å². The Labute approximate surface area is 37.4 Å². The van der Waals surface area contributed by atoms with Crippen LogP contribution in [0.4, 0.5) is 0 Å². The first-order chi connectivity index (χ1) is 1.91. The zero-order chi connectivity index (χ0) is 3.41. The van der Waals surface area contributed by atoms with Gasteiger partial charge in [-0.05, 0) is 12.2 Å². The van der Waals surface area contributed by atoms with Crippen molar-refractivity contribution in [2.45, 2.75) is 0 Å². The van der Waals surface area contributed by atoms with Gasteiger partial charge < -0.3 is 0 Å². The highest BCUT2D eigenvalue weighted by Crippen LogP contribution is 1.86. The molecule has 24 valence electrons. The van der Waals surface area contributed by atoms with Gasteiger partial charge >= 0.3 is 0 Å². The summed E-state index contributed by atoms with van der Waals surface area (Å²) >= 11 is 7.29. The SMILES string of the molecule is S[NH+]=PS. The minimum absolute atomic E-state index is 0.807. The molecular formula is H3NPS2+. The van der Waals surface area contributed by atoms with Crippen LogP contribution in [0.1, 0.15) is 0 Å². The second kappa shape index (κ2) is 3.80. The van der Waals surface area contributed by atoms with Gasteiger partial charge in [-0.1, -0.05) is 0 Å². The third-order valence-corrected chi connectivity index (χ3v) is 1.21. The second-order valence-corrected chi connectivity index (χ2v) is 1.80. The average Bonchev–Trinajstić information content (AvgIpc) is 1.37. The van der Waals surface area contributed by atoms with Crippen molar-refractivity contribution >= 4 is 32.6 Å². The van der Waals surface area contributed by atoms with Crippen LogP contribution in [0, 0.1) is 0 Å². The Morgan fingerprint density at radius 1 is 1.75 bits per heavy atom.